The maximum atomic E-state index is 14.3. The van der Waals surface area contributed by atoms with Crippen LogP contribution in [0.2, 0.25) is 0 Å². The predicted molar refractivity (Wildman–Crippen MR) is 212 cm³/mol. The zero-order chi connectivity index (χ0) is 43.9. The number of carbonyl (C=O) groups excluding carboxylic acids is 1. The summed E-state index contributed by atoms with van der Waals surface area (Å²) in [7, 11) is 6.76. The Balaban J connectivity index is 2.22. The average molecular weight is 837 g/mol. The van der Waals surface area contributed by atoms with Crippen LogP contribution in [0.4, 0.5) is 0 Å². The van der Waals surface area contributed by atoms with E-state index < -0.39 is 102 Å². The van der Waals surface area contributed by atoms with E-state index in [-0.39, 0.29) is 44.8 Å². The molecule has 3 heterocycles. The number of cyclic esters (lactones) is 1. The molecule has 17 heteroatoms. The zero-order valence-electron chi connectivity index (χ0n) is 37.3. The number of methoxy groups -OCH3 is 2. The number of esters is 1. The van der Waals surface area contributed by atoms with Crippen molar-refractivity contribution in [3.05, 3.63) is 0 Å². The fraction of sp³-hybridized carbons (Fsp3) is 0.951. The number of nitrogens with zero attached hydrogens (tertiary/aromatic N) is 2. The van der Waals surface area contributed by atoms with Crippen LogP contribution in [0.25, 0.3) is 0 Å². The number of carbonyl (C=O) groups is 1. The number of hydrogen-bond acceptors (Lipinski definition) is 17. The minimum Gasteiger partial charge on any atom is -0.459 e. The first-order chi connectivity index (χ1) is 27.0. The van der Waals surface area contributed by atoms with Crippen LogP contribution >= 0.6 is 0 Å². The molecule has 3 aliphatic rings. The molecular formula is C41H76N2O15. The van der Waals surface area contributed by atoms with Crippen LogP contribution in [-0.4, -0.2) is 175 Å². The first kappa shape index (κ1) is 50.8. The summed E-state index contributed by atoms with van der Waals surface area (Å²) < 4.78 is 48.1. The number of ether oxygens (including phenoxy) is 8. The van der Waals surface area contributed by atoms with Gasteiger partial charge in [-0.15, -0.1) is 0 Å². The van der Waals surface area contributed by atoms with E-state index in [0.29, 0.717) is 18.7 Å². The fourth-order valence-corrected chi connectivity index (χ4v) is 8.93. The van der Waals surface area contributed by atoms with Gasteiger partial charge in [0.25, 0.3) is 0 Å². The number of rotatable bonds is 13. The standard InChI is InChI=1S/C41H76N2O15/c1-15-29-41(10,49)34(45)24(4)31(42-53-21-52-17-16-50-13)22(2)19-39(8,48)36(58-38-32(44)28(43(11)12)18-23(3)54-38)25(5)33(26(6)37(47)56-29)57-30-20-40(9,51-14)35(46)27(7)55-30/h22-30,32-36,38,44-46,48-49H,15-21H2,1-14H3/b42-31+/t22-,23?,24+,25+,26-,27?,28?,29-,30+,32?,33+,34-,35+,36-,38+,39-,40?,41-/m1/s1. The molecule has 0 saturated carbocycles. The molecule has 5 N–H and O–H groups in total. The van der Waals surface area contributed by atoms with Gasteiger partial charge in [0, 0.05) is 44.4 Å². The van der Waals surface area contributed by atoms with Crippen LogP contribution in [-0.2, 0) is 47.5 Å². The lowest BCUT2D eigenvalue weighted by Gasteiger charge is -2.49. The highest BCUT2D eigenvalue weighted by atomic mass is 16.7. The number of aliphatic hydroxyl groups is 5. The third-order valence-corrected chi connectivity index (χ3v) is 12.6. The van der Waals surface area contributed by atoms with E-state index in [1.165, 1.54) is 14.0 Å². The lowest BCUT2D eigenvalue weighted by molar-refractivity contribution is -0.317. The Hall–Kier alpha value is -1.58. The van der Waals surface area contributed by atoms with Gasteiger partial charge < -0.3 is 73.2 Å². The van der Waals surface area contributed by atoms with Gasteiger partial charge in [0.2, 0.25) is 6.79 Å². The minimum absolute atomic E-state index is 0.0307. The van der Waals surface area contributed by atoms with Crippen LogP contribution in [0.15, 0.2) is 5.16 Å². The zero-order valence-corrected chi connectivity index (χ0v) is 37.3. The van der Waals surface area contributed by atoms with Crippen molar-refractivity contribution in [3.63, 3.8) is 0 Å². The summed E-state index contributed by atoms with van der Waals surface area (Å²) in [6, 6.07) is -0.328. The smallest absolute Gasteiger partial charge is 0.311 e. The Morgan fingerprint density at radius 3 is 2.14 bits per heavy atom. The molecule has 3 saturated heterocycles. The third-order valence-electron chi connectivity index (χ3n) is 12.6. The third kappa shape index (κ3) is 12.1. The Kier molecular flexibility index (Phi) is 18.8. The second-order valence-corrected chi connectivity index (χ2v) is 17.7. The first-order valence-electron chi connectivity index (χ1n) is 20.8. The van der Waals surface area contributed by atoms with E-state index in [0.717, 1.165) is 0 Å². The molecule has 0 aromatic carbocycles. The average Bonchev–Trinajstić information content (AvgIpc) is 3.15. The van der Waals surface area contributed by atoms with E-state index in [9.17, 15) is 30.3 Å². The van der Waals surface area contributed by atoms with Gasteiger partial charge in [-0.1, -0.05) is 32.9 Å². The molecule has 0 aromatic rings. The van der Waals surface area contributed by atoms with Gasteiger partial charge in [-0.25, -0.2) is 0 Å². The van der Waals surface area contributed by atoms with Gasteiger partial charge >= 0.3 is 5.97 Å². The van der Waals surface area contributed by atoms with Crippen molar-refractivity contribution < 1.29 is 73.1 Å². The number of aliphatic hydroxyl groups excluding tert-OH is 3. The summed E-state index contributed by atoms with van der Waals surface area (Å²) in [5.74, 6) is -4.14. The molecule has 3 rings (SSSR count). The highest BCUT2D eigenvalue weighted by molar-refractivity contribution is 5.88. The van der Waals surface area contributed by atoms with E-state index in [4.69, 9.17) is 42.7 Å². The van der Waals surface area contributed by atoms with Crippen molar-refractivity contribution in [3.8, 4) is 0 Å². The van der Waals surface area contributed by atoms with E-state index in [1.807, 2.05) is 32.8 Å². The Morgan fingerprint density at radius 1 is 0.897 bits per heavy atom. The van der Waals surface area contributed by atoms with Crippen molar-refractivity contribution in [2.24, 2.45) is 28.8 Å². The number of likely N-dealkylation sites (N-methyl/N-ethyl adjacent to an activating group) is 1. The van der Waals surface area contributed by atoms with Gasteiger partial charge in [-0.2, -0.15) is 0 Å². The van der Waals surface area contributed by atoms with Gasteiger partial charge in [0.05, 0.1) is 66.6 Å². The minimum atomic E-state index is -1.97. The van der Waals surface area contributed by atoms with Gasteiger partial charge in [-0.05, 0) is 74.9 Å². The Labute approximate surface area is 345 Å². The molecule has 340 valence electrons. The molecule has 0 spiro atoms. The lowest BCUT2D eigenvalue weighted by Crippen LogP contribution is -2.61. The van der Waals surface area contributed by atoms with Crippen molar-refractivity contribution in [2.45, 2.75) is 179 Å². The summed E-state index contributed by atoms with van der Waals surface area (Å²) in [6.45, 7) is 17.3. The molecule has 0 aliphatic carbocycles. The van der Waals surface area contributed by atoms with Gasteiger partial charge in [-0.3, -0.25) is 4.79 Å². The summed E-state index contributed by atoms with van der Waals surface area (Å²) in [5.41, 5.74) is -4.49. The summed E-state index contributed by atoms with van der Waals surface area (Å²) in [6.07, 6.45) is -9.49. The molecule has 58 heavy (non-hydrogen) atoms. The molecule has 0 aromatic heterocycles. The highest BCUT2D eigenvalue weighted by Gasteiger charge is 2.53. The normalized spacial score (nSPS) is 45.8. The second kappa shape index (κ2) is 21.5. The van der Waals surface area contributed by atoms with Gasteiger partial charge in [0.1, 0.15) is 23.9 Å². The lowest BCUT2D eigenvalue weighted by atomic mass is 9.73. The first-order valence-corrected chi connectivity index (χ1v) is 20.8. The van der Waals surface area contributed by atoms with E-state index in [2.05, 4.69) is 5.16 Å². The molecular weight excluding hydrogens is 760 g/mol. The van der Waals surface area contributed by atoms with Crippen molar-refractivity contribution in [1.82, 2.24) is 4.90 Å². The van der Waals surface area contributed by atoms with Gasteiger partial charge in [0.15, 0.2) is 12.6 Å². The number of oxime groups is 1. The molecule has 0 bridgehead atoms. The maximum Gasteiger partial charge on any atom is 0.311 e. The Morgan fingerprint density at radius 2 is 1.55 bits per heavy atom. The largest absolute Gasteiger partial charge is 0.459 e. The van der Waals surface area contributed by atoms with Crippen molar-refractivity contribution in [2.75, 3.05) is 48.3 Å². The van der Waals surface area contributed by atoms with Crippen LogP contribution in [0, 0.1) is 23.7 Å². The van der Waals surface area contributed by atoms with Crippen LogP contribution in [0.1, 0.15) is 94.9 Å². The molecule has 3 fully saturated rings. The van der Waals surface area contributed by atoms with Crippen LogP contribution in [0.3, 0.4) is 0 Å². The molecule has 17 nitrogen and oxygen atoms in total. The maximum absolute atomic E-state index is 14.3. The van der Waals surface area contributed by atoms with E-state index >= 15 is 0 Å². The summed E-state index contributed by atoms with van der Waals surface area (Å²) >= 11 is 0. The summed E-state index contributed by atoms with van der Waals surface area (Å²) in [5, 5.41) is 63.6. The highest BCUT2D eigenvalue weighted by Crippen LogP contribution is 2.41. The second-order valence-electron chi connectivity index (χ2n) is 17.7. The number of hydrogen-bond donors (Lipinski definition) is 5. The van der Waals surface area contributed by atoms with Crippen LogP contribution in [0.5, 0.6) is 0 Å². The van der Waals surface area contributed by atoms with Crippen molar-refractivity contribution in [1.29, 1.82) is 0 Å². The molecule has 0 radical (unpaired) electrons. The monoisotopic (exact) mass is 837 g/mol. The van der Waals surface area contributed by atoms with Crippen molar-refractivity contribution >= 4 is 11.7 Å². The molecule has 18 atom stereocenters. The SMILES string of the molecule is CC[C@H]1OC(=O)[C@H](C)[C@@H](O[C@H]2CC(C)(OC)[C@@H](O)C(C)O2)[C@H](C)[C@@H](O[C@@H]2OC(C)CC(N(C)C)C2O)[C@](C)(O)C[C@@H](C)/C(=N\OCOCCOC)[C@H](C)[C@@H](O)[C@]1(C)O. The Bertz CT molecular complexity index is 1300. The fourth-order valence-electron chi connectivity index (χ4n) is 8.93. The van der Waals surface area contributed by atoms with E-state index in [1.54, 1.807) is 55.6 Å². The predicted octanol–water partition coefficient (Wildman–Crippen LogP) is 2.21. The molecule has 0 amide bonds. The molecule has 3 aliphatic heterocycles. The summed E-state index contributed by atoms with van der Waals surface area (Å²) in [4.78, 5) is 21.8. The quantitative estimate of drug-likeness (QED) is 0.0778. The van der Waals surface area contributed by atoms with Crippen LogP contribution < -0.4 is 0 Å². The topological polar surface area (TPSA) is 217 Å². The molecule has 5 unspecified atom stereocenters.